The molecule has 0 radical (unpaired) electrons. The third kappa shape index (κ3) is 5.93. The van der Waals surface area contributed by atoms with Crippen LogP contribution in [-0.2, 0) is 27.5 Å². The molecule has 2 N–H and O–H groups in total. The normalized spacial score (nSPS) is 16.6. The molecule has 0 spiro atoms. The van der Waals surface area contributed by atoms with Crippen molar-refractivity contribution in [3.63, 3.8) is 0 Å². The Kier molecular flexibility index (Phi) is 7.87. The summed E-state index contributed by atoms with van der Waals surface area (Å²) in [6, 6.07) is 15.7. The maximum absolute atomic E-state index is 13.5. The topological polar surface area (TPSA) is 116 Å². The molecule has 0 bridgehead atoms. The van der Waals surface area contributed by atoms with Crippen molar-refractivity contribution in [2.75, 3.05) is 0 Å². The zero-order chi connectivity index (χ0) is 27.4. The van der Waals surface area contributed by atoms with Gasteiger partial charge in [-0.05, 0) is 48.4 Å². The van der Waals surface area contributed by atoms with Crippen molar-refractivity contribution >= 4 is 46.2 Å². The first-order chi connectivity index (χ1) is 18.9. The molecular weight excluding hydrogens is 521 g/mol. The van der Waals surface area contributed by atoms with Crippen LogP contribution in [0.25, 0.3) is 0 Å². The molecule has 39 heavy (non-hydrogen) atoms. The number of amides is 3. The number of hydrogen-bond acceptors (Lipinski definition) is 7. The molecule has 9 nitrogen and oxygen atoms in total. The van der Waals surface area contributed by atoms with Gasteiger partial charge in [0.25, 0.3) is 5.91 Å². The number of fused-ring (bicyclic) bond motifs is 3. The molecule has 200 valence electrons. The second kappa shape index (κ2) is 11.6. The molecule has 3 heterocycles. The SMILES string of the molecule is CC[C@H](SC1=Nc2ccccc2C2=N[C@@H](CC(=O)NCc3ccc(F)cc3)C(=O)N12)C(=O)NCc1ccco1. The number of carbonyl (C=O) groups is 3. The maximum Gasteiger partial charge on any atom is 0.259 e. The van der Waals surface area contributed by atoms with E-state index < -0.39 is 11.3 Å². The quantitative estimate of drug-likeness (QED) is 0.421. The van der Waals surface area contributed by atoms with Crippen LogP contribution < -0.4 is 10.6 Å². The predicted molar refractivity (Wildman–Crippen MR) is 146 cm³/mol. The van der Waals surface area contributed by atoms with Crippen LogP contribution in [0.1, 0.15) is 36.7 Å². The average Bonchev–Trinajstić information content (AvgIpc) is 3.58. The third-order valence-corrected chi connectivity index (χ3v) is 7.57. The molecule has 2 atom stereocenters. The van der Waals surface area contributed by atoms with Crippen LogP contribution >= 0.6 is 11.8 Å². The van der Waals surface area contributed by atoms with Crippen molar-refractivity contribution in [1.29, 1.82) is 0 Å². The molecule has 2 aliphatic heterocycles. The smallest absolute Gasteiger partial charge is 0.259 e. The first kappa shape index (κ1) is 26.4. The summed E-state index contributed by atoms with van der Waals surface area (Å²) in [5, 5.41) is 5.45. The molecule has 1 aromatic heterocycles. The lowest BCUT2D eigenvalue weighted by Gasteiger charge is -2.27. The molecular formula is C28H26FN5O4S. The Morgan fingerprint density at radius 2 is 1.87 bits per heavy atom. The Balaban J connectivity index is 1.30. The number of halogens is 1. The number of hydrogen-bond donors (Lipinski definition) is 2. The number of amidine groups is 2. The molecule has 3 amide bonds. The Labute approximate surface area is 228 Å². The summed E-state index contributed by atoms with van der Waals surface area (Å²) >= 11 is 1.18. The monoisotopic (exact) mass is 547 g/mol. The van der Waals surface area contributed by atoms with Gasteiger partial charge in [-0.15, -0.1) is 0 Å². The highest BCUT2D eigenvalue weighted by Gasteiger charge is 2.43. The summed E-state index contributed by atoms with van der Waals surface area (Å²) in [6.07, 6.45) is 1.89. The molecule has 0 fully saturated rings. The van der Waals surface area contributed by atoms with Crippen molar-refractivity contribution in [2.24, 2.45) is 9.98 Å². The summed E-state index contributed by atoms with van der Waals surface area (Å²) in [5.41, 5.74) is 2.05. The highest BCUT2D eigenvalue weighted by molar-refractivity contribution is 8.15. The third-order valence-electron chi connectivity index (χ3n) is 6.26. The Morgan fingerprint density at radius 3 is 2.62 bits per heavy atom. The van der Waals surface area contributed by atoms with E-state index in [0.717, 1.165) is 5.56 Å². The van der Waals surface area contributed by atoms with Crippen LogP contribution in [-0.4, -0.2) is 44.9 Å². The second-order valence-electron chi connectivity index (χ2n) is 8.97. The van der Waals surface area contributed by atoms with Crippen LogP contribution in [0.4, 0.5) is 10.1 Å². The van der Waals surface area contributed by atoms with E-state index >= 15 is 0 Å². The van der Waals surface area contributed by atoms with E-state index in [-0.39, 0.29) is 43.0 Å². The van der Waals surface area contributed by atoms with Crippen LogP contribution in [0.15, 0.2) is 81.3 Å². The van der Waals surface area contributed by atoms with Gasteiger partial charge in [-0.1, -0.05) is 43.0 Å². The molecule has 2 aliphatic rings. The first-order valence-corrected chi connectivity index (χ1v) is 13.4. The second-order valence-corrected chi connectivity index (χ2v) is 10.1. The molecule has 0 unspecified atom stereocenters. The molecule has 0 aliphatic carbocycles. The summed E-state index contributed by atoms with van der Waals surface area (Å²) < 4.78 is 18.4. The van der Waals surface area contributed by atoms with Gasteiger partial charge in [-0.3, -0.25) is 19.4 Å². The van der Waals surface area contributed by atoms with Gasteiger partial charge in [-0.2, -0.15) is 0 Å². The van der Waals surface area contributed by atoms with Crippen molar-refractivity contribution in [2.45, 2.75) is 44.1 Å². The number of rotatable bonds is 9. The van der Waals surface area contributed by atoms with Crippen LogP contribution in [0.2, 0.25) is 0 Å². The number of aliphatic imine (C=N–C) groups is 2. The number of furan rings is 1. The molecule has 2 aromatic carbocycles. The fraction of sp³-hybridized carbons (Fsp3) is 0.250. The minimum Gasteiger partial charge on any atom is -0.467 e. The van der Waals surface area contributed by atoms with E-state index in [1.54, 1.807) is 30.5 Å². The van der Waals surface area contributed by atoms with Crippen molar-refractivity contribution in [3.8, 4) is 0 Å². The highest BCUT2D eigenvalue weighted by atomic mass is 32.2. The van der Waals surface area contributed by atoms with Gasteiger partial charge in [-0.25, -0.2) is 14.3 Å². The van der Waals surface area contributed by atoms with E-state index in [1.807, 2.05) is 31.2 Å². The average molecular weight is 548 g/mol. The van der Waals surface area contributed by atoms with E-state index in [4.69, 9.17) is 4.42 Å². The zero-order valence-corrected chi connectivity index (χ0v) is 21.9. The minimum atomic E-state index is -0.932. The van der Waals surface area contributed by atoms with Gasteiger partial charge in [0.2, 0.25) is 11.8 Å². The molecule has 3 aromatic rings. The molecule has 0 saturated heterocycles. The predicted octanol–water partition coefficient (Wildman–Crippen LogP) is 3.91. The number of benzene rings is 2. The summed E-state index contributed by atoms with van der Waals surface area (Å²) in [7, 11) is 0. The largest absolute Gasteiger partial charge is 0.467 e. The van der Waals surface area contributed by atoms with Gasteiger partial charge in [0.15, 0.2) is 5.17 Å². The summed E-state index contributed by atoms with van der Waals surface area (Å²) in [5.74, 6) is -0.252. The highest BCUT2D eigenvalue weighted by Crippen LogP contribution is 2.35. The van der Waals surface area contributed by atoms with Crippen LogP contribution in [0.3, 0.4) is 0 Å². The van der Waals surface area contributed by atoms with Gasteiger partial charge >= 0.3 is 0 Å². The lowest BCUT2D eigenvalue weighted by atomic mass is 10.1. The molecule has 0 saturated carbocycles. The lowest BCUT2D eigenvalue weighted by Crippen LogP contribution is -2.43. The maximum atomic E-state index is 13.5. The standard InChI is InChI=1S/C28H26FN5O4S/c1-2-23(26(36)31-16-19-6-5-13-38-19)39-28-33-21-8-4-3-7-20(21)25-32-22(27(37)34(25)28)14-24(35)30-15-17-9-11-18(29)12-10-17/h3-13,22-23H,2,14-16H2,1H3,(H,30,35)(H,31,36)/t22-,23-/m0/s1. The van der Waals surface area contributed by atoms with E-state index in [0.29, 0.717) is 34.4 Å². The van der Waals surface area contributed by atoms with Crippen molar-refractivity contribution in [3.05, 3.63) is 89.6 Å². The number of nitrogens with zero attached hydrogens (tertiary/aromatic N) is 3. The zero-order valence-electron chi connectivity index (χ0n) is 21.1. The fourth-order valence-electron chi connectivity index (χ4n) is 4.22. The van der Waals surface area contributed by atoms with Crippen LogP contribution in [0, 0.1) is 5.82 Å². The van der Waals surface area contributed by atoms with Crippen LogP contribution in [0.5, 0.6) is 0 Å². The van der Waals surface area contributed by atoms with E-state index in [1.165, 1.54) is 28.8 Å². The summed E-state index contributed by atoms with van der Waals surface area (Å²) in [4.78, 5) is 49.8. The fourth-order valence-corrected chi connectivity index (χ4v) is 5.26. The molecule has 11 heteroatoms. The Bertz CT molecular complexity index is 1440. The Hall–Kier alpha value is -4.25. The first-order valence-electron chi connectivity index (χ1n) is 12.5. The minimum absolute atomic E-state index is 0.152. The van der Waals surface area contributed by atoms with Gasteiger partial charge in [0.05, 0.1) is 30.2 Å². The lowest BCUT2D eigenvalue weighted by molar-refractivity contribution is -0.128. The van der Waals surface area contributed by atoms with Gasteiger partial charge in [0.1, 0.15) is 23.5 Å². The Morgan fingerprint density at radius 1 is 1.08 bits per heavy atom. The van der Waals surface area contributed by atoms with Gasteiger partial charge in [0, 0.05) is 12.1 Å². The molecule has 5 rings (SSSR count). The van der Waals surface area contributed by atoms with E-state index in [2.05, 4.69) is 20.6 Å². The number of carbonyl (C=O) groups excluding carboxylic acids is 3. The number of thioether (sulfide) groups is 1. The van der Waals surface area contributed by atoms with Gasteiger partial charge < -0.3 is 15.1 Å². The van der Waals surface area contributed by atoms with Crippen molar-refractivity contribution in [1.82, 2.24) is 15.5 Å². The number of para-hydroxylation sites is 1. The van der Waals surface area contributed by atoms with E-state index in [9.17, 15) is 18.8 Å². The number of nitrogens with one attached hydrogen (secondary N) is 2. The summed E-state index contributed by atoms with van der Waals surface area (Å²) in [6.45, 7) is 2.34. The van der Waals surface area contributed by atoms with Crippen molar-refractivity contribution < 1.29 is 23.2 Å².